The SMILES string of the molecule is Cc1cc(N2CCc3ncc(F)cc3C2)nc(C)c1NC(=O)CC(C)(C)C. The van der Waals surface area contributed by atoms with Crippen LogP contribution in [0.3, 0.4) is 0 Å². The third-order valence-corrected chi connectivity index (χ3v) is 4.67. The number of carbonyl (C=O) groups is 1. The average Bonchev–Trinajstić information content (AvgIpc) is 2.55. The number of pyridine rings is 2. The van der Waals surface area contributed by atoms with Gasteiger partial charge in [-0.15, -0.1) is 0 Å². The number of halogens is 1. The third kappa shape index (κ3) is 4.62. The first-order valence-corrected chi connectivity index (χ1v) is 9.29. The summed E-state index contributed by atoms with van der Waals surface area (Å²) in [5.74, 6) is 0.526. The molecule has 1 N–H and O–H groups in total. The Morgan fingerprint density at radius 2 is 2.04 bits per heavy atom. The second kappa shape index (κ2) is 7.25. The number of anilines is 2. The van der Waals surface area contributed by atoms with Crippen LogP contribution in [0.25, 0.3) is 0 Å². The van der Waals surface area contributed by atoms with Crippen molar-refractivity contribution in [1.29, 1.82) is 0 Å². The van der Waals surface area contributed by atoms with E-state index in [-0.39, 0.29) is 17.1 Å². The van der Waals surface area contributed by atoms with E-state index in [0.29, 0.717) is 13.0 Å². The standard InChI is InChI=1S/C21H27FN4O/c1-13-8-18(24-14(2)20(13)25-19(27)10-21(3,4)5)26-7-6-17-15(12-26)9-16(22)11-23-17/h8-9,11H,6-7,10,12H2,1-5H3,(H,25,27). The number of rotatable bonds is 3. The molecule has 144 valence electrons. The Balaban J connectivity index is 1.80. The monoisotopic (exact) mass is 370 g/mol. The summed E-state index contributed by atoms with van der Waals surface area (Å²) in [4.78, 5) is 23.3. The largest absolute Gasteiger partial charge is 0.352 e. The highest BCUT2D eigenvalue weighted by atomic mass is 19.1. The van der Waals surface area contributed by atoms with Crippen molar-refractivity contribution in [2.75, 3.05) is 16.8 Å². The lowest BCUT2D eigenvalue weighted by atomic mass is 9.92. The van der Waals surface area contributed by atoms with Gasteiger partial charge >= 0.3 is 0 Å². The second-order valence-corrected chi connectivity index (χ2v) is 8.47. The summed E-state index contributed by atoms with van der Waals surface area (Å²) >= 11 is 0. The minimum Gasteiger partial charge on any atom is -0.352 e. The lowest BCUT2D eigenvalue weighted by Crippen LogP contribution is -2.32. The molecule has 0 saturated carbocycles. The molecule has 6 heteroatoms. The number of hydrogen-bond acceptors (Lipinski definition) is 4. The van der Waals surface area contributed by atoms with Gasteiger partial charge in [-0.1, -0.05) is 20.8 Å². The lowest BCUT2D eigenvalue weighted by molar-refractivity contribution is -0.117. The van der Waals surface area contributed by atoms with Crippen LogP contribution in [0.1, 0.15) is 49.7 Å². The van der Waals surface area contributed by atoms with Gasteiger partial charge in [-0.25, -0.2) is 9.37 Å². The summed E-state index contributed by atoms with van der Waals surface area (Å²) in [7, 11) is 0. The van der Waals surface area contributed by atoms with Crippen molar-refractivity contribution in [3.05, 3.63) is 46.7 Å². The van der Waals surface area contributed by atoms with Crippen molar-refractivity contribution in [3.63, 3.8) is 0 Å². The molecular formula is C21H27FN4O. The number of nitrogens with zero attached hydrogens (tertiary/aromatic N) is 3. The van der Waals surface area contributed by atoms with Crippen LogP contribution in [0.15, 0.2) is 18.3 Å². The van der Waals surface area contributed by atoms with E-state index in [9.17, 15) is 9.18 Å². The normalized spacial score (nSPS) is 14.1. The topological polar surface area (TPSA) is 58.1 Å². The highest BCUT2D eigenvalue weighted by molar-refractivity contribution is 5.92. The molecule has 5 nitrogen and oxygen atoms in total. The summed E-state index contributed by atoms with van der Waals surface area (Å²) in [6.07, 6.45) is 2.49. The highest BCUT2D eigenvalue weighted by Crippen LogP contribution is 2.28. The van der Waals surface area contributed by atoms with Crippen molar-refractivity contribution in [2.45, 2.75) is 54.0 Å². The fourth-order valence-corrected chi connectivity index (χ4v) is 3.42. The third-order valence-electron chi connectivity index (χ3n) is 4.67. The van der Waals surface area contributed by atoms with Crippen LogP contribution in [0.5, 0.6) is 0 Å². The van der Waals surface area contributed by atoms with E-state index in [0.717, 1.165) is 47.0 Å². The van der Waals surface area contributed by atoms with Crippen molar-refractivity contribution < 1.29 is 9.18 Å². The molecule has 0 fully saturated rings. The molecule has 0 unspecified atom stereocenters. The van der Waals surface area contributed by atoms with Crippen molar-refractivity contribution >= 4 is 17.4 Å². The van der Waals surface area contributed by atoms with Crippen molar-refractivity contribution in [3.8, 4) is 0 Å². The molecule has 0 atom stereocenters. The molecule has 0 aromatic carbocycles. The number of aryl methyl sites for hydroxylation is 2. The van der Waals surface area contributed by atoms with E-state index in [1.54, 1.807) is 6.07 Å². The van der Waals surface area contributed by atoms with Gasteiger partial charge in [0.05, 0.1) is 17.6 Å². The van der Waals surface area contributed by atoms with E-state index in [4.69, 9.17) is 4.98 Å². The Morgan fingerprint density at radius 3 is 2.70 bits per heavy atom. The van der Waals surface area contributed by atoms with Gasteiger partial charge in [0.1, 0.15) is 11.6 Å². The minimum atomic E-state index is -0.312. The maximum absolute atomic E-state index is 13.5. The molecule has 0 radical (unpaired) electrons. The van der Waals surface area contributed by atoms with E-state index in [2.05, 4.69) is 15.2 Å². The van der Waals surface area contributed by atoms with Gasteiger partial charge in [0.25, 0.3) is 0 Å². The Labute approximate surface area is 160 Å². The first-order valence-electron chi connectivity index (χ1n) is 9.29. The molecule has 1 amide bonds. The van der Waals surface area contributed by atoms with Gasteiger partial charge in [-0.05, 0) is 42.5 Å². The van der Waals surface area contributed by atoms with Crippen LogP contribution < -0.4 is 10.2 Å². The zero-order valence-corrected chi connectivity index (χ0v) is 16.7. The summed E-state index contributed by atoms with van der Waals surface area (Å²) in [5, 5.41) is 3.01. The van der Waals surface area contributed by atoms with Gasteiger partial charge in [-0.2, -0.15) is 0 Å². The first kappa shape index (κ1) is 19.3. The smallest absolute Gasteiger partial charge is 0.224 e. The van der Waals surface area contributed by atoms with Gasteiger partial charge in [0, 0.05) is 31.6 Å². The van der Waals surface area contributed by atoms with Crippen LogP contribution >= 0.6 is 0 Å². The zero-order chi connectivity index (χ0) is 19.8. The molecule has 0 spiro atoms. The van der Waals surface area contributed by atoms with E-state index in [1.807, 2.05) is 40.7 Å². The lowest BCUT2D eigenvalue weighted by Gasteiger charge is -2.30. The molecule has 2 aromatic rings. The van der Waals surface area contributed by atoms with Gasteiger partial charge in [0.2, 0.25) is 5.91 Å². The van der Waals surface area contributed by atoms with Gasteiger partial charge < -0.3 is 10.2 Å². The van der Waals surface area contributed by atoms with Crippen LogP contribution in [0.2, 0.25) is 0 Å². The average molecular weight is 370 g/mol. The van der Waals surface area contributed by atoms with Crippen LogP contribution in [0, 0.1) is 25.1 Å². The van der Waals surface area contributed by atoms with E-state index in [1.165, 1.54) is 6.20 Å². The summed E-state index contributed by atoms with van der Waals surface area (Å²) in [5.41, 5.74) is 4.33. The van der Waals surface area contributed by atoms with Gasteiger partial charge in [0.15, 0.2) is 0 Å². The summed E-state index contributed by atoms with van der Waals surface area (Å²) in [6.45, 7) is 11.4. The molecule has 3 heterocycles. The number of carbonyl (C=O) groups excluding carboxylic acids is 1. The molecule has 0 aliphatic carbocycles. The molecule has 1 aliphatic heterocycles. The predicted molar refractivity (Wildman–Crippen MR) is 105 cm³/mol. The van der Waals surface area contributed by atoms with E-state index >= 15 is 0 Å². The number of amides is 1. The molecular weight excluding hydrogens is 343 g/mol. The Bertz CT molecular complexity index is 850. The maximum Gasteiger partial charge on any atom is 0.224 e. The molecule has 1 aliphatic rings. The number of aromatic nitrogens is 2. The van der Waals surface area contributed by atoms with Crippen LogP contribution in [-0.2, 0) is 17.8 Å². The quantitative estimate of drug-likeness (QED) is 0.881. The molecule has 0 saturated heterocycles. The van der Waals surface area contributed by atoms with Gasteiger partial charge in [-0.3, -0.25) is 9.78 Å². The fourth-order valence-electron chi connectivity index (χ4n) is 3.42. The maximum atomic E-state index is 13.5. The Hall–Kier alpha value is -2.50. The van der Waals surface area contributed by atoms with Crippen molar-refractivity contribution in [1.82, 2.24) is 9.97 Å². The number of fused-ring (bicyclic) bond motifs is 1. The number of nitrogens with one attached hydrogen (secondary N) is 1. The highest BCUT2D eigenvalue weighted by Gasteiger charge is 2.22. The van der Waals surface area contributed by atoms with Crippen LogP contribution in [0.4, 0.5) is 15.9 Å². The zero-order valence-electron chi connectivity index (χ0n) is 16.7. The number of hydrogen-bond donors (Lipinski definition) is 1. The molecule has 0 bridgehead atoms. The summed E-state index contributed by atoms with van der Waals surface area (Å²) < 4.78 is 13.5. The molecule has 3 rings (SSSR count). The van der Waals surface area contributed by atoms with Crippen molar-refractivity contribution in [2.24, 2.45) is 5.41 Å². The second-order valence-electron chi connectivity index (χ2n) is 8.47. The fraction of sp³-hybridized carbons (Fsp3) is 0.476. The molecule has 2 aromatic heterocycles. The summed E-state index contributed by atoms with van der Waals surface area (Å²) in [6, 6.07) is 3.53. The predicted octanol–water partition coefficient (Wildman–Crippen LogP) is 4.17. The Morgan fingerprint density at radius 1 is 1.30 bits per heavy atom. The molecule has 27 heavy (non-hydrogen) atoms. The first-order chi connectivity index (χ1) is 12.6. The Kier molecular flexibility index (Phi) is 5.18. The minimum absolute atomic E-state index is 0.00306. The van der Waals surface area contributed by atoms with Crippen LogP contribution in [-0.4, -0.2) is 22.4 Å². The van der Waals surface area contributed by atoms with E-state index < -0.39 is 0 Å².